The number of nitrogens with zero attached hydrogens (tertiary/aromatic N) is 1. The van der Waals surface area contributed by atoms with Crippen molar-refractivity contribution >= 4 is 33.2 Å². The molecule has 14 heavy (non-hydrogen) atoms. The van der Waals surface area contributed by atoms with Gasteiger partial charge in [0, 0.05) is 24.0 Å². The fourth-order valence-corrected chi connectivity index (χ4v) is 2.77. The van der Waals surface area contributed by atoms with E-state index in [2.05, 4.69) is 10.3 Å². The molecule has 4 heteroatoms. The minimum absolute atomic E-state index is 0.617. The highest BCUT2D eigenvalue weighted by atomic mass is 35.5. The van der Waals surface area contributed by atoms with E-state index < -0.39 is 0 Å². The van der Waals surface area contributed by atoms with Crippen molar-refractivity contribution in [2.45, 2.75) is 5.92 Å². The molecule has 0 aliphatic carbocycles. The Balaban J connectivity index is 2.10. The second kappa shape index (κ2) is 3.19. The molecule has 1 aromatic carbocycles. The van der Waals surface area contributed by atoms with E-state index in [4.69, 9.17) is 11.6 Å². The van der Waals surface area contributed by atoms with Gasteiger partial charge in [-0.15, -0.1) is 11.3 Å². The first kappa shape index (κ1) is 8.65. The molecule has 0 unspecified atom stereocenters. The van der Waals surface area contributed by atoms with Crippen molar-refractivity contribution in [3.8, 4) is 0 Å². The largest absolute Gasteiger partial charge is 0.315 e. The molecule has 2 heterocycles. The summed E-state index contributed by atoms with van der Waals surface area (Å²) in [6.07, 6.45) is 0. The molecule has 2 aromatic rings. The average molecular weight is 225 g/mol. The summed E-state index contributed by atoms with van der Waals surface area (Å²) in [5, 5.41) is 5.26. The summed E-state index contributed by atoms with van der Waals surface area (Å²) in [5.74, 6) is 0.617. The quantitative estimate of drug-likeness (QED) is 0.806. The molecule has 0 spiro atoms. The number of halogens is 1. The second-order valence-corrected chi connectivity index (χ2v) is 5.02. The maximum absolute atomic E-state index is 5.91. The van der Waals surface area contributed by atoms with Crippen molar-refractivity contribution in [1.29, 1.82) is 0 Å². The van der Waals surface area contributed by atoms with Crippen LogP contribution in [-0.2, 0) is 0 Å². The van der Waals surface area contributed by atoms with Crippen LogP contribution in [0.15, 0.2) is 18.2 Å². The van der Waals surface area contributed by atoms with Crippen LogP contribution in [-0.4, -0.2) is 18.1 Å². The van der Waals surface area contributed by atoms with Gasteiger partial charge in [-0.05, 0) is 18.2 Å². The Morgan fingerprint density at radius 3 is 3.00 bits per heavy atom. The topological polar surface area (TPSA) is 24.9 Å². The second-order valence-electron chi connectivity index (χ2n) is 3.52. The first-order valence-electron chi connectivity index (χ1n) is 4.59. The maximum atomic E-state index is 5.91. The van der Waals surface area contributed by atoms with Crippen LogP contribution in [0.5, 0.6) is 0 Å². The zero-order chi connectivity index (χ0) is 9.54. The van der Waals surface area contributed by atoms with Crippen molar-refractivity contribution in [1.82, 2.24) is 10.3 Å². The summed E-state index contributed by atoms with van der Waals surface area (Å²) in [7, 11) is 0. The molecule has 0 saturated carbocycles. The van der Waals surface area contributed by atoms with Gasteiger partial charge in [0.05, 0.1) is 15.2 Å². The number of thiazole rings is 1. The smallest absolute Gasteiger partial charge is 0.0994 e. The van der Waals surface area contributed by atoms with E-state index in [1.54, 1.807) is 11.3 Å². The molecule has 1 N–H and O–H groups in total. The van der Waals surface area contributed by atoms with Gasteiger partial charge < -0.3 is 5.32 Å². The Hall–Kier alpha value is -0.640. The number of benzene rings is 1. The van der Waals surface area contributed by atoms with E-state index in [0.717, 1.165) is 23.6 Å². The van der Waals surface area contributed by atoms with Gasteiger partial charge in [-0.25, -0.2) is 4.98 Å². The van der Waals surface area contributed by atoms with Crippen LogP contribution in [0.4, 0.5) is 0 Å². The van der Waals surface area contributed by atoms with E-state index in [1.165, 1.54) is 9.71 Å². The van der Waals surface area contributed by atoms with E-state index in [9.17, 15) is 0 Å². The molecule has 0 bridgehead atoms. The minimum atomic E-state index is 0.617. The highest BCUT2D eigenvalue weighted by Crippen LogP contribution is 2.30. The number of hydrogen-bond donors (Lipinski definition) is 1. The molecule has 1 aliphatic heterocycles. The zero-order valence-electron chi connectivity index (χ0n) is 7.46. The highest BCUT2D eigenvalue weighted by molar-refractivity contribution is 7.18. The molecule has 0 radical (unpaired) electrons. The van der Waals surface area contributed by atoms with Crippen molar-refractivity contribution in [2.75, 3.05) is 13.1 Å². The lowest BCUT2D eigenvalue weighted by atomic mass is 10.1. The Kier molecular flexibility index (Phi) is 1.97. The fourth-order valence-electron chi connectivity index (χ4n) is 1.56. The Morgan fingerprint density at radius 2 is 2.29 bits per heavy atom. The molecule has 72 valence electrons. The number of nitrogens with one attached hydrogen (secondary N) is 1. The summed E-state index contributed by atoms with van der Waals surface area (Å²) in [6.45, 7) is 2.13. The summed E-state index contributed by atoms with van der Waals surface area (Å²) in [5.41, 5.74) is 1.03. The Morgan fingerprint density at radius 1 is 1.43 bits per heavy atom. The summed E-state index contributed by atoms with van der Waals surface area (Å²) >= 11 is 7.69. The van der Waals surface area contributed by atoms with Gasteiger partial charge in [-0.1, -0.05) is 11.6 Å². The van der Waals surface area contributed by atoms with Crippen LogP contribution in [0.3, 0.4) is 0 Å². The van der Waals surface area contributed by atoms with E-state index in [-0.39, 0.29) is 0 Å². The van der Waals surface area contributed by atoms with Crippen LogP contribution in [0.1, 0.15) is 10.9 Å². The predicted molar refractivity (Wildman–Crippen MR) is 60.2 cm³/mol. The Labute approximate surface area is 90.9 Å². The summed E-state index contributed by atoms with van der Waals surface area (Å²) < 4.78 is 1.23. The van der Waals surface area contributed by atoms with Crippen LogP contribution in [0.2, 0.25) is 5.02 Å². The number of aromatic nitrogens is 1. The molecule has 1 aliphatic rings. The third kappa shape index (κ3) is 1.32. The first-order valence-corrected chi connectivity index (χ1v) is 5.79. The van der Waals surface area contributed by atoms with Crippen LogP contribution >= 0.6 is 22.9 Å². The lowest BCUT2D eigenvalue weighted by Crippen LogP contribution is -2.39. The summed E-state index contributed by atoms with van der Waals surface area (Å²) in [4.78, 5) is 4.59. The molecule has 1 fully saturated rings. The van der Waals surface area contributed by atoms with Crippen molar-refractivity contribution in [3.63, 3.8) is 0 Å². The number of rotatable bonds is 1. The van der Waals surface area contributed by atoms with Crippen molar-refractivity contribution in [2.24, 2.45) is 0 Å². The molecule has 3 rings (SSSR count). The zero-order valence-corrected chi connectivity index (χ0v) is 9.03. The number of fused-ring (bicyclic) bond motifs is 1. The van der Waals surface area contributed by atoms with Crippen molar-refractivity contribution in [3.05, 3.63) is 28.2 Å². The molecule has 1 aromatic heterocycles. The van der Waals surface area contributed by atoms with Gasteiger partial charge in [-0.3, -0.25) is 0 Å². The van der Waals surface area contributed by atoms with Crippen LogP contribution in [0, 0.1) is 0 Å². The molecular formula is C10H9ClN2S. The SMILES string of the molecule is Clc1ccc2sc(C3CNC3)nc2c1. The lowest BCUT2D eigenvalue weighted by molar-refractivity contribution is 0.447. The molecular weight excluding hydrogens is 216 g/mol. The minimum Gasteiger partial charge on any atom is -0.315 e. The third-order valence-corrected chi connectivity index (χ3v) is 3.93. The summed E-state index contributed by atoms with van der Waals surface area (Å²) in [6, 6.07) is 5.90. The van der Waals surface area contributed by atoms with E-state index in [0.29, 0.717) is 5.92 Å². The number of hydrogen-bond acceptors (Lipinski definition) is 3. The normalized spacial score (nSPS) is 17.2. The Bertz CT molecular complexity index is 476. The van der Waals surface area contributed by atoms with Gasteiger partial charge in [0.1, 0.15) is 0 Å². The predicted octanol–water partition coefficient (Wildman–Crippen LogP) is 2.64. The first-order chi connectivity index (χ1) is 6.83. The molecule has 1 saturated heterocycles. The van der Waals surface area contributed by atoms with Gasteiger partial charge in [0.25, 0.3) is 0 Å². The third-order valence-electron chi connectivity index (χ3n) is 2.50. The molecule has 0 atom stereocenters. The molecule has 2 nitrogen and oxygen atoms in total. The average Bonchev–Trinajstić information content (AvgIpc) is 2.43. The fraction of sp³-hybridized carbons (Fsp3) is 0.300. The van der Waals surface area contributed by atoms with E-state index >= 15 is 0 Å². The highest BCUT2D eigenvalue weighted by Gasteiger charge is 2.22. The van der Waals surface area contributed by atoms with Crippen molar-refractivity contribution < 1.29 is 0 Å². The van der Waals surface area contributed by atoms with Gasteiger partial charge in [0.2, 0.25) is 0 Å². The van der Waals surface area contributed by atoms with Crippen LogP contribution < -0.4 is 5.32 Å². The maximum Gasteiger partial charge on any atom is 0.0994 e. The van der Waals surface area contributed by atoms with Crippen LogP contribution in [0.25, 0.3) is 10.2 Å². The van der Waals surface area contributed by atoms with E-state index in [1.807, 2.05) is 18.2 Å². The van der Waals surface area contributed by atoms with Gasteiger partial charge >= 0.3 is 0 Å². The standard InChI is InChI=1S/C10H9ClN2S/c11-7-1-2-9-8(3-7)13-10(14-9)6-4-12-5-6/h1-3,6,12H,4-5H2. The van der Waals surface area contributed by atoms with Gasteiger partial charge in [-0.2, -0.15) is 0 Å². The lowest BCUT2D eigenvalue weighted by Gasteiger charge is -2.24. The monoisotopic (exact) mass is 224 g/mol. The van der Waals surface area contributed by atoms with Gasteiger partial charge in [0.15, 0.2) is 0 Å². The molecule has 0 amide bonds.